The fraction of sp³-hybridized carbons (Fsp3) is 1.00. The Balaban J connectivity index is 1.69. The molecule has 2 fully saturated rings. The first-order chi connectivity index (χ1) is 6.05. The van der Waals surface area contributed by atoms with Crippen molar-refractivity contribution in [3.05, 3.63) is 0 Å². The van der Waals surface area contributed by atoms with Crippen LogP contribution in [-0.4, -0.2) is 47.4 Å². The number of likely N-dealkylation sites (tertiary alicyclic amines) is 1. The van der Waals surface area contributed by atoms with Crippen LogP contribution in [0.5, 0.6) is 0 Å². The summed E-state index contributed by atoms with van der Waals surface area (Å²) in [5.41, 5.74) is -0.440. The molecule has 0 aromatic heterocycles. The molecule has 0 aromatic carbocycles. The lowest BCUT2D eigenvalue weighted by molar-refractivity contribution is -0.0998. The number of β-amino-alcohol motifs (C(OH)–C–C–N with tert-alkyl or cyclic N) is 1. The van der Waals surface area contributed by atoms with E-state index in [1.54, 1.807) is 0 Å². The number of hydrogen-bond donors (Lipinski definition) is 1. The molecular weight excluding hydrogens is 166 g/mol. The van der Waals surface area contributed by atoms with Crippen LogP contribution in [0.1, 0.15) is 26.7 Å². The highest BCUT2D eigenvalue weighted by Crippen LogP contribution is 2.25. The zero-order chi connectivity index (χ0) is 9.47. The van der Waals surface area contributed by atoms with Gasteiger partial charge in [0.2, 0.25) is 0 Å². The molecule has 3 nitrogen and oxygen atoms in total. The summed E-state index contributed by atoms with van der Waals surface area (Å²) < 4.78 is 5.71. The van der Waals surface area contributed by atoms with E-state index in [-0.39, 0.29) is 0 Å². The molecule has 2 atom stereocenters. The lowest BCUT2D eigenvalue weighted by Gasteiger charge is -2.45. The van der Waals surface area contributed by atoms with Gasteiger partial charge in [-0.15, -0.1) is 0 Å². The zero-order valence-corrected chi connectivity index (χ0v) is 8.49. The van der Waals surface area contributed by atoms with E-state index < -0.39 is 5.60 Å². The first-order valence-electron chi connectivity index (χ1n) is 5.15. The maximum Gasteiger partial charge on any atom is 0.0872 e. The molecule has 0 spiro atoms. The van der Waals surface area contributed by atoms with Gasteiger partial charge in [-0.3, -0.25) is 4.90 Å². The van der Waals surface area contributed by atoms with Gasteiger partial charge in [0, 0.05) is 19.6 Å². The van der Waals surface area contributed by atoms with Gasteiger partial charge < -0.3 is 9.84 Å². The molecule has 2 rings (SSSR count). The number of ether oxygens (including phenoxy) is 1. The van der Waals surface area contributed by atoms with Crippen LogP contribution < -0.4 is 0 Å². The van der Waals surface area contributed by atoms with Gasteiger partial charge in [0.05, 0.1) is 17.8 Å². The van der Waals surface area contributed by atoms with Crippen molar-refractivity contribution in [2.45, 2.75) is 44.5 Å². The fourth-order valence-electron chi connectivity index (χ4n) is 2.35. The average molecular weight is 185 g/mol. The minimum atomic E-state index is -0.440. The van der Waals surface area contributed by atoms with E-state index in [1.807, 2.05) is 6.92 Å². The Kier molecular flexibility index (Phi) is 2.34. The lowest BCUT2D eigenvalue weighted by atomic mass is 9.96. The van der Waals surface area contributed by atoms with Gasteiger partial charge in [0.1, 0.15) is 0 Å². The highest BCUT2D eigenvalue weighted by molar-refractivity contribution is 4.92. The standard InChI is InChI=1S/C10H19NO2/c1-8-3-4-9(13-8)5-11-6-10(2,12)7-11/h8-9,12H,3-7H2,1-2H3. The number of rotatable bonds is 2. The van der Waals surface area contributed by atoms with Gasteiger partial charge in [-0.1, -0.05) is 0 Å². The molecule has 2 aliphatic heterocycles. The lowest BCUT2D eigenvalue weighted by Crippen LogP contribution is -2.61. The molecule has 2 aliphatic rings. The predicted octanol–water partition coefficient (Wildman–Crippen LogP) is 0.620. The van der Waals surface area contributed by atoms with Crippen molar-refractivity contribution in [3.8, 4) is 0 Å². The molecule has 76 valence electrons. The van der Waals surface area contributed by atoms with Crippen LogP contribution in [0.2, 0.25) is 0 Å². The Hall–Kier alpha value is -0.120. The molecule has 0 bridgehead atoms. The normalized spacial score (nSPS) is 39.0. The van der Waals surface area contributed by atoms with Gasteiger partial charge in [-0.05, 0) is 26.7 Å². The average Bonchev–Trinajstić information content (AvgIpc) is 2.31. The Bertz CT molecular complexity index is 185. The van der Waals surface area contributed by atoms with Crippen molar-refractivity contribution < 1.29 is 9.84 Å². The summed E-state index contributed by atoms with van der Waals surface area (Å²) in [6.07, 6.45) is 3.22. The second-order valence-electron chi connectivity index (χ2n) is 4.81. The third-order valence-corrected chi connectivity index (χ3v) is 2.91. The minimum Gasteiger partial charge on any atom is -0.388 e. The van der Waals surface area contributed by atoms with Crippen molar-refractivity contribution in [1.29, 1.82) is 0 Å². The van der Waals surface area contributed by atoms with Crippen molar-refractivity contribution in [3.63, 3.8) is 0 Å². The molecule has 13 heavy (non-hydrogen) atoms. The van der Waals surface area contributed by atoms with Crippen molar-refractivity contribution >= 4 is 0 Å². The number of aliphatic hydroxyl groups is 1. The molecule has 2 heterocycles. The van der Waals surface area contributed by atoms with Crippen LogP contribution in [0.25, 0.3) is 0 Å². The first kappa shape index (κ1) is 9.44. The third kappa shape index (κ3) is 2.22. The van der Waals surface area contributed by atoms with Crippen LogP contribution >= 0.6 is 0 Å². The highest BCUT2D eigenvalue weighted by Gasteiger charge is 2.38. The van der Waals surface area contributed by atoms with Crippen LogP contribution in [0.3, 0.4) is 0 Å². The largest absolute Gasteiger partial charge is 0.388 e. The van der Waals surface area contributed by atoms with E-state index >= 15 is 0 Å². The SMILES string of the molecule is CC1CCC(CN2CC(C)(O)C2)O1. The van der Waals surface area contributed by atoms with Gasteiger partial charge in [0.15, 0.2) is 0 Å². The van der Waals surface area contributed by atoms with Crippen LogP contribution in [0.4, 0.5) is 0 Å². The molecule has 0 saturated carbocycles. The topological polar surface area (TPSA) is 32.7 Å². The van der Waals surface area contributed by atoms with E-state index in [4.69, 9.17) is 4.74 Å². The molecule has 1 N–H and O–H groups in total. The van der Waals surface area contributed by atoms with E-state index in [2.05, 4.69) is 11.8 Å². The van der Waals surface area contributed by atoms with E-state index in [0.717, 1.165) is 19.6 Å². The molecule has 0 radical (unpaired) electrons. The Morgan fingerprint density at radius 2 is 2.15 bits per heavy atom. The highest BCUT2D eigenvalue weighted by atomic mass is 16.5. The number of nitrogens with zero attached hydrogens (tertiary/aromatic N) is 1. The van der Waals surface area contributed by atoms with Gasteiger partial charge in [0.25, 0.3) is 0 Å². The summed E-state index contributed by atoms with van der Waals surface area (Å²) in [5, 5.41) is 9.53. The minimum absolute atomic E-state index is 0.408. The molecule has 2 saturated heterocycles. The Labute approximate surface area is 79.7 Å². The Morgan fingerprint density at radius 3 is 2.62 bits per heavy atom. The molecule has 0 amide bonds. The van der Waals surface area contributed by atoms with Crippen molar-refractivity contribution in [1.82, 2.24) is 4.90 Å². The molecule has 3 heteroatoms. The second kappa shape index (κ2) is 3.23. The first-order valence-corrected chi connectivity index (χ1v) is 5.15. The van der Waals surface area contributed by atoms with Crippen molar-refractivity contribution in [2.75, 3.05) is 19.6 Å². The van der Waals surface area contributed by atoms with Crippen LogP contribution in [-0.2, 0) is 4.74 Å². The summed E-state index contributed by atoms with van der Waals surface area (Å²) in [7, 11) is 0. The van der Waals surface area contributed by atoms with Gasteiger partial charge >= 0.3 is 0 Å². The van der Waals surface area contributed by atoms with Crippen molar-refractivity contribution in [2.24, 2.45) is 0 Å². The van der Waals surface area contributed by atoms with Gasteiger partial charge in [-0.2, -0.15) is 0 Å². The molecule has 2 unspecified atom stereocenters. The van der Waals surface area contributed by atoms with E-state index in [1.165, 1.54) is 12.8 Å². The van der Waals surface area contributed by atoms with Crippen LogP contribution in [0, 0.1) is 0 Å². The maximum absolute atomic E-state index is 9.53. The fourth-order valence-corrected chi connectivity index (χ4v) is 2.35. The summed E-state index contributed by atoms with van der Waals surface area (Å²) >= 11 is 0. The quantitative estimate of drug-likeness (QED) is 0.684. The molecular formula is C10H19NO2. The second-order valence-corrected chi connectivity index (χ2v) is 4.81. The summed E-state index contributed by atoms with van der Waals surface area (Å²) in [6.45, 7) is 6.64. The smallest absolute Gasteiger partial charge is 0.0872 e. The van der Waals surface area contributed by atoms with E-state index in [9.17, 15) is 5.11 Å². The predicted molar refractivity (Wildman–Crippen MR) is 50.6 cm³/mol. The van der Waals surface area contributed by atoms with E-state index in [0.29, 0.717) is 12.2 Å². The monoisotopic (exact) mass is 185 g/mol. The molecule has 0 aliphatic carbocycles. The Morgan fingerprint density at radius 1 is 1.46 bits per heavy atom. The zero-order valence-electron chi connectivity index (χ0n) is 8.49. The molecule has 0 aromatic rings. The summed E-state index contributed by atoms with van der Waals surface area (Å²) in [4.78, 5) is 2.27. The van der Waals surface area contributed by atoms with Crippen LogP contribution in [0.15, 0.2) is 0 Å². The number of hydrogen-bond acceptors (Lipinski definition) is 3. The summed E-state index contributed by atoms with van der Waals surface area (Å²) in [5.74, 6) is 0. The summed E-state index contributed by atoms with van der Waals surface area (Å²) in [6, 6.07) is 0. The third-order valence-electron chi connectivity index (χ3n) is 2.91. The maximum atomic E-state index is 9.53. The van der Waals surface area contributed by atoms with Gasteiger partial charge in [-0.25, -0.2) is 0 Å².